The van der Waals surface area contributed by atoms with Crippen LogP contribution in [0.2, 0.25) is 0 Å². The zero-order valence-corrected chi connectivity index (χ0v) is 13.3. The van der Waals surface area contributed by atoms with Crippen molar-refractivity contribution < 1.29 is 23.9 Å². The van der Waals surface area contributed by atoms with Gasteiger partial charge in [-0.05, 0) is 37.5 Å². The van der Waals surface area contributed by atoms with Crippen LogP contribution in [0.25, 0.3) is 0 Å². The van der Waals surface area contributed by atoms with Crippen molar-refractivity contribution in [3.8, 4) is 0 Å². The van der Waals surface area contributed by atoms with Crippen LogP contribution in [-0.2, 0) is 23.9 Å². The second-order valence-electron chi connectivity index (χ2n) is 7.28. The summed E-state index contributed by atoms with van der Waals surface area (Å²) in [6.07, 6.45) is 6.81. The summed E-state index contributed by atoms with van der Waals surface area (Å²) in [4.78, 5) is 37.0. The third kappa shape index (κ3) is 2.20. The number of ether oxygens (including phenoxy) is 2. The Morgan fingerprint density at radius 3 is 2.48 bits per heavy atom. The Bertz CT molecular complexity index is 592. The average Bonchev–Trinajstić information content (AvgIpc) is 2.79. The maximum atomic E-state index is 12.9. The van der Waals surface area contributed by atoms with Gasteiger partial charge in [-0.3, -0.25) is 14.4 Å². The Hall–Kier alpha value is -1.49. The number of hydrogen-bond acceptors (Lipinski definition) is 5. The molecule has 4 aliphatic rings. The average molecular weight is 318 g/mol. The van der Waals surface area contributed by atoms with E-state index in [4.69, 9.17) is 9.47 Å². The summed E-state index contributed by atoms with van der Waals surface area (Å²) in [5, 5.41) is 0. The van der Waals surface area contributed by atoms with Crippen molar-refractivity contribution in [2.75, 3.05) is 7.11 Å². The van der Waals surface area contributed by atoms with E-state index in [9.17, 15) is 14.4 Å². The van der Waals surface area contributed by atoms with Crippen molar-refractivity contribution in [1.82, 2.24) is 0 Å². The minimum absolute atomic E-state index is 0.00891. The highest BCUT2D eigenvalue weighted by molar-refractivity contribution is 5.97. The highest BCUT2D eigenvalue weighted by atomic mass is 16.6. The SMILES string of the molecule is CO[C@H]1C[C@H]2C(=CC[C@H]3C(=O)OC(=O)[C@H]32)[C@H]2CCCC[C@@H]2C1=O. The summed E-state index contributed by atoms with van der Waals surface area (Å²) < 4.78 is 10.4. The van der Waals surface area contributed by atoms with Gasteiger partial charge in [0.25, 0.3) is 0 Å². The molecule has 1 heterocycles. The molecule has 1 saturated heterocycles. The fourth-order valence-corrected chi connectivity index (χ4v) is 5.24. The molecule has 0 bridgehead atoms. The van der Waals surface area contributed by atoms with E-state index in [1.54, 1.807) is 7.11 Å². The summed E-state index contributed by atoms with van der Waals surface area (Å²) in [5.41, 5.74) is 1.22. The molecule has 5 nitrogen and oxygen atoms in total. The van der Waals surface area contributed by atoms with Gasteiger partial charge in [0.15, 0.2) is 5.78 Å². The fraction of sp³-hybridized carbons (Fsp3) is 0.722. The van der Waals surface area contributed by atoms with Gasteiger partial charge in [0.1, 0.15) is 6.10 Å². The molecule has 0 radical (unpaired) electrons. The molecule has 0 N–H and O–H groups in total. The van der Waals surface area contributed by atoms with Gasteiger partial charge in [0.05, 0.1) is 11.8 Å². The molecule has 0 unspecified atom stereocenters. The number of rotatable bonds is 1. The van der Waals surface area contributed by atoms with Crippen LogP contribution in [0.3, 0.4) is 0 Å². The van der Waals surface area contributed by atoms with Crippen LogP contribution < -0.4 is 0 Å². The van der Waals surface area contributed by atoms with Gasteiger partial charge in [-0.2, -0.15) is 0 Å². The normalized spacial score (nSPS) is 43.0. The predicted octanol–water partition coefficient (Wildman–Crippen LogP) is 2.04. The molecular formula is C18H22O5. The maximum Gasteiger partial charge on any atom is 0.318 e. The third-order valence-corrected chi connectivity index (χ3v) is 6.31. The number of carbonyl (C=O) groups excluding carboxylic acids is 3. The van der Waals surface area contributed by atoms with Crippen LogP contribution >= 0.6 is 0 Å². The maximum absolute atomic E-state index is 12.9. The molecule has 2 saturated carbocycles. The Kier molecular flexibility index (Phi) is 3.63. The van der Waals surface area contributed by atoms with E-state index < -0.39 is 24.0 Å². The Labute approximate surface area is 135 Å². The number of hydrogen-bond donors (Lipinski definition) is 0. The lowest BCUT2D eigenvalue weighted by atomic mass is 9.65. The zero-order valence-electron chi connectivity index (χ0n) is 13.3. The van der Waals surface area contributed by atoms with E-state index in [0.717, 1.165) is 25.7 Å². The molecule has 0 aromatic rings. The predicted molar refractivity (Wildman–Crippen MR) is 80.1 cm³/mol. The molecule has 0 aromatic carbocycles. The molecule has 3 aliphatic carbocycles. The molecular weight excluding hydrogens is 296 g/mol. The first-order chi connectivity index (χ1) is 11.1. The van der Waals surface area contributed by atoms with Crippen molar-refractivity contribution in [1.29, 1.82) is 0 Å². The molecule has 23 heavy (non-hydrogen) atoms. The molecule has 5 heteroatoms. The number of ketones is 1. The number of methoxy groups -OCH3 is 1. The summed E-state index contributed by atoms with van der Waals surface area (Å²) in [5.74, 6) is -1.29. The minimum Gasteiger partial charge on any atom is -0.393 e. The molecule has 4 rings (SSSR count). The number of Topliss-reactive ketones (excluding diaryl/α,β-unsaturated/α-hetero) is 1. The van der Waals surface area contributed by atoms with Crippen molar-refractivity contribution >= 4 is 17.7 Å². The van der Waals surface area contributed by atoms with Crippen molar-refractivity contribution in [2.24, 2.45) is 29.6 Å². The van der Waals surface area contributed by atoms with Crippen LogP contribution in [0.4, 0.5) is 0 Å². The van der Waals surface area contributed by atoms with Crippen LogP contribution in [0.5, 0.6) is 0 Å². The van der Waals surface area contributed by atoms with Crippen molar-refractivity contribution in [3.05, 3.63) is 11.6 Å². The molecule has 6 atom stereocenters. The Balaban J connectivity index is 1.76. The van der Waals surface area contributed by atoms with Gasteiger partial charge in [-0.15, -0.1) is 0 Å². The molecule has 3 fully saturated rings. The lowest BCUT2D eigenvalue weighted by molar-refractivity contribution is -0.154. The van der Waals surface area contributed by atoms with Crippen LogP contribution in [-0.4, -0.2) is 30.9 Å². The summed E-state index contributed by atoms with van der Waals surface area (Å²) >= 11 is 0. The Morgan fingerprint density at radius 2 is 1.74 bits per heavy atom. The number of carbonyl (C=O) groups is 3. The number of cyclic esters (lactones) is 2. The monoisotopic (exact) mass is 318 g/mol. The van der Waals surface area contributed by atoms with Crippen LogP contribution in [0, 0.1) is 29.6 Å². The van der Waals surface area contributed by atoms with E-state index in [1.807, 2.05) is 0 Å². The largest absolute Gasteiger partial charge is 0.393 e. The summed E-state index contributed by atoms with van der Waals surface area (Å²) in [6.45, 7) is 0. The highest BCUT2D eigenvalue weighted by Gasteiger charge is 2.55. The lowest BCUT2D eigenvalue weighted by Gasteiger charge is -2.37. The number of fused-ring (bicyclic) bond motifs is 5. The highest BCUT2D eigenvalue weighted by Crippen LogP contribution is 2.51. The van der Waals surface area contributed by atoms with Gasteiger partial charge in [0.2, 0.25) is 0 Å². The molecule has 0 spiro atoms. The first kappa shape index (κ1) is 15.1. The number of esters is 2. The molecule has 0 aromatic heterocycles. The molecule has 1 aliphatic heterocycles. The molecule has 124 valence electrons. The quantitative estimate of drug-likeness (QED) is 0.420. The van der Waals surface area contributed by atoms with Gasteiger partial charge in [-0.1, -0.05) is 24.5 Å². The van der Waals surface area contributed by atoms with Crippen LogP contribution in [0.15, 0.2) is 11.6 Å². The second kappa shape index (κ2) is 5.55. The van der Waals surface area contributed by atoms with Crippen LogP contribution in [0.1, 0.15) is 38.5 Å². The van der Waals surface area contributed by atoms with E-state index in [-0.39, 0.29) is 29.5 Å². The van der Waals surface area contributed by atoms with Gasteiger partial charge in [0, 0.05) is 13.0 Å². The second-order valence-corrected chi connectivity index (χ2v) is 7.28. The Morgan fingerprint density at radius 1 is 1.00 bits per heavy atom. The first-order valence-corrected chi connectivity index (χ1v) is 8.63. The minimum atomic E-state index is -0.473. The lowest BCUT2D eigenvalue weighted by Crippen LogP contribution is -2.34. The van der Waals surface area contributed by atoms with E-state index >= 15 is 0 Å². The van der Waals surface area contributed by atoms with E-state index in [1.165, 1.54) is 5.57 Å². The van der Waals surface area contributed by atoms with Gasteiger partial charge >= 0.3 is 11.9 Å². The summed E-state index contributed by atoms with van der Waals surface area (Å²) in [6, 6.07) is 0. The molecule has 0 amide bonds. The van der Waals surface area contributed by atoms with Gasteiger partial charge in [-0.25, -0.2) is 0 Å². The fourth-order valence-electron chi connectivity index (χ4n) is 5.24. The topological polar surface area (TPSA) is 69.7 Å². The van der Waals surface area contributed by atoms with E-state index in [0.29, 0.717) is 12.8 Å². The smallest absolute Gasteiger partial charge is 0.318 e. The number of allylic oxidation sites excluding steroid dienone is 2. The zero-order chi connectivity index (χ0) is 16.1. The summed E-state index contributed by atoms with van der Waals surface area (Å²) in [7, 11) is 1.56. The van der Waals surface area contributed by atoms with Gasteiger partial charge < -0.3 is 9.47 Å². The van der Waals surface area contributed by atoms with Crippen molar-refractivity contribution in [3.63, 3.8) is 0 Å². The van der Waals surface area contributed by atoms with E-state index in [2.05, 4.69) is 6.08 Å². The van der Waals surface area contributed by atoms with Crippen molar-refractivity contribution in [2.45, 2.75) is 44.6 Å². The first-order valence-electron chi connectivity index (χ1n) is 8.63. The third-order valence-electron chi connectivity index (χ3n) is 6.31. The standard InChI is InChI=1S/C18H22O5/c1-22-14-8-13-10(9-4-2-3-5-11(9)16(14)19)6-7-12-15(13)18(21)23-17(12)20/h6,9,11-15H,2-5,7-8H2,1H3/t9-,11+,12-,13+,14+,15-/m1/s1.